The quantitative estimate of drug-likeness (QED) is 0.511. The van der Waals surface area contributed by atoms with Gasteiger partial charge in [0.25, 0.3) is 5.69 Å². The Morgan fingerprint density at radius 2 is 2.00 bits per heavy atom. The maximum absolute atomic E-state index is 11.5. The zero-order valence-electron chi connectivity index (χ0n) is 10.2. The number of nitro groups is 1. The number of hydrogen-bond acceptors (Lipinski definition) is 5. The Morgan fingerprint density at radius 3 is 2.58 bits per heavy atom. The molecule has 0 radical (unpaired) electrons. The van der Waals surface area contributed by atoms with E-state index < -0.39 is 10.8 Å². The van der Waals surface area contributed by atoms with Gasteiger partial charge in [-0.25, -0.2) is 0 Å². The highest BCUT2D eigenvalue weighted by Crippen LogP contribution is 2.39. The largest absolute Gasteiger partial charge is 0.486 e. The number of amides is 1. The van der Waals surface area contributed by atoms with Crippen molar-refractivity contribution < 1.29 is 19.2 Å². The third-order valence-corrected chi connectivity index (χ3v) is 2.43. The van der Waals surface area contributed by atoms with Crippen LogP contribution in [0.5, 0.6) is 11.5 Å². The van der Waals surface area contributed by atoms with Gasteiger partial charge < -0.3 is 14.8 Å². The monoisotopic (exact) mass is 264 g/mol. The molecule has 1 aromatic carbocycles. The summed E-state index contributed by atoms with van der Waals surface area (Å²) in [6.45, 7) is 2.39. The van der Waals surface area contributed by atoms with Crippen molar-refractivity contribution in [2.75, 3.05) is 18.5 Å². The molecule has 1 aliphatic rings. The maximum Gasteiger partial charge on any atom is 0.296 e. The van der Waals surface area contributed by atoms with E-state index in [4.69, 9.17) is 9.47 Å². The van der Waals surface area contributed by atoms with E-state index in [-0.39, 0.29) is 11.4 Å². The predicted molar refractivity (Wildman–Crippen MR) is 67.5 cm³/mol. The van der Waals surface area contributed by atoms with E-state index in [0.717, 1.165) is 0 Å². The highest BCUT2D eigenvalue weighted by Gasteiger charge is 2.22. The van der Waals surface area contributed by atoms with Gasteiger partial charge in [0.15, 0.2) is 11.5 Å². The molecule has 100 valence electrons. The number of fused-ring (bicyclic) bond motifs is 1. The molecule has 1 amide bonds. The van der Waals surface area contributed by atoms with Gasteiger partial charge in [0.2, 0.25) is 5.91 Å². The molecule has 0 fully saturated rings. The molecule has 7 heteroatoms. The van der Waals surface area contributed by atoms with Crippen molar-refractivity contribution >= 4 is 17.3 Å². The minimum Gasteiger partial charge on any atom is -0.486 e. The van der Waals surface area contributed by atoms with Crippen molar-refractivity contribution in [1.82, 2.24) is 0 Å². The Balaban J connectivity index is 2.39. The zero-order chi connectivity index (χ0) is 13.8. The Hall–Kier alpha value is -2.57. The van der Waals surface area contributed by atoms with Gasteiger partial charge in [-0.1, -0.05) is 6.08 Å². The number of nitro benzene ring substituents is 1. The third kappa shape index (κ3) is 2.82. The lowest BCUT2D eigenvalue weighted by atomic mass is 10.2. The van der Waals surface area contributed by atoms with E-state index in [1.807, 2.05) is 0 Å². The van der Waals surface area contributed by atoms with Gasteiger partial charge in [-0.3, -0.25) is 14.9 Å². The fourth-order valence-electron chi connectivity index (χ4n) is 1.66. The molecule has 0 aromatic heterocycles. The number of rotatable bonds is 3. The summed E-state index contributed by atoms with van der Waals surface area (Å²) in [5.41, 5.74) is -0.153. The highest BCUT2D eigenvalue weighted by molar-refractivity contribution is 6.01. The van der Waals surface area contributed by atoms with Crippen molar-refractivity contribution in [3.05, 3.63) is 34.4 Å². The van der Waals surface area contributed by atoms with E-state index in [1.165, 1.54) is 18.2 Å². The van der Waals surface area contributed by atoms with Crippen molar-refractivity contribution in [2.45, 2.75) is 6.92 Å². The smallest absolute Gasteiger partial charge is 0.296 e. The molecule has 0 bridgehead atoms. The van der Waals surface area contributed by atoms with Crippen LogP contribution in [0.4, 0.5) is 11.4 Å². The van der Waals surface area contributed by atoms with Crippen LogP contribution in [0.2, 0.25) is 0 Å². The van der Waals surface area contributed by atoms with Crippen LogP contribution in [-0.4, -0.2) is 24.0 Å². The topological polar surface area (TPSA) is 90.7 Å². The fourth-order valence-corrected chi connectivity index (χ4v) is 1.66. The summed E-state index contributed by atoms with van der Waals surface area (Å²) in [6, 6.07) is 2.65. The van der Waals surface area contributed by atoms with Crippen molar-refractivity contribution in [3.8, 4) is 11.5 Å². The number of nitrogens with zero attached hydrogens (tertiary/aromatic N) is 1. The minimum absolute atomic E-state index is 0.0809. The van der Waals surface area contributed by atoms with Gasteiger partial charge in [-0.05, 0) is 13.0 Å². The Bertz CT molecular complexity index is 553. The molecule has 1 aliphatic heterocycles. The highest BCUT2D eigenvalue weighted by atomic mass is 16.6. The van der Waals surface area contributed by atoms with Crippen LogP contribution >= 0.6 is 0 Å². The van der Waals surface area contributed by atoms with Crippen LogP contribution in [0, 0.1) is 10.1 Å². The number of ether oxygens (including phenoxy) is 2. The molecular weight excluding hydrogens is 252 g/mol. The van der Waals surface area contributed by atoms with E-state index in [2.05, 4.69) is 5.32 Å². The number of benzene rings is 1. The summed E-state index contributed by atoms with van der Waals surface area (Å²) in [5, 5.41) is 13.4. The zero-order valence-corrected chi connectivity index (χ0v) is 10.2. The standard InChI is InChI=1S/C12H12N2O5/c1-2-3-12(15)13-8-6-10-11(19-5-4-18-10)7-9(8)14(16)17/h2-3,6-7H,4-5H2,1H3,(H,13,15)/b3-2+. The number of hydrogen-bond donors (Lipinski definition) is 1. The molecule has 1 N–H and O–H groups in total. The van der Waals surface area contributed by atoms with Crippen molar-refractivity contribution in [3.63, 3.8) is 0 Å². The third-order valence-electron chi connectivity index (χ3n) is 2.43. The van der Waals surface area contributed by atoms with E-state index >= 15 is 0 Å². The van der Waals surface area contributed by atoms with Gasteiger partial charge in [-0.2, -0.15) is 0 Å². The van der Waals surface area contributed by atoms with Crippen LogP contribution in [0.1, 0.15) is 6.92 Å². The molecule has 0 atom stereocenters. The lowest BCUT2D eigenvalue weighted by molar-refractivity contribution is -0.384. The fraction of sp³-hybridized carbons (Fsp3) is 0.250. The SMILES string of the molecule is C/C=C/C(=O)Nc1cc2c(cc1[N+](=O)[O-])OCCO2. The van der Waals surface area contributed by atoms with E-state index in [9.17, 15) is 14.9 Å². The maximum atomic E-state index is 11.5. The molecule has 0 unspecified atom stereocenters. The first-order valence-electron chi connectivity index (χ1n) is 5.63. The average Bonchev–Trinajstić information content (AvgIpc) is 2.38. The molecule has 0 aliphatic carbocycles. The molecule has 19 heavy (non-hydrogen) atoms. The van der Waals surface area contributed by atoms with Gasteiger partial charge in [-0.15, -0.1) is 0 Å². The first kappa shape index (κ1) is 12.9. The van der Waals surface area contributed by atoms with Gasteiger partial charge in [0.05, 0.1) is 11.0 Å². The van der Waals surface area contributed by atoms with Crippen molar-refractivity contribution in [2.24, 2.45) is 0 Å². The van der Waals surface area contributed by atoms with Crippen LogP contribution in [0.15, 0.2) is 24.3 Å². The average molecular weight is 264 g/mol. The van der Waals surface area contributed by atoms with E-state index in [1.54, 1.807) is 13.0 Å². The molecule has 7 nitrogen and oxygen atoms in total. The number of carbonyl (C=O) groups is 1. The Labute approximate surface area is 109 Å². The predicted octanol–water partition coefficient (Wildman–Crippen LogP) is 1.88. The normalized spacial score (nSPS) is 13.3. The lowest BCUT2D eigenvalue weighted by Crippen LogP contribution is -2.16. The second-order valence-electron chi connectivity index (χ2n) is 3.76. The summed E-state index contributed by atoms with van der Waals surface area (Å²) >= 11 is 0. The summed E-state index contributed by atoms with van der Waals surface area (Å²) in [5.74, 6) is 0.247. The molecule has 2 rings (SSSR count). The van der Waals surface area contributed by atoms with Crippen LogP contribution < -0.4 is 14.8 Å². The van der Waals surface area contributed by atoms with E-state index in [0.29, 0.717) is 24.7 Å². The van der Waals surface area contributed by atoms with Crippen LogP contribution in [0.25, 0.3) is 0 Å². The number of allylic oxidation sites excluding steroid dienone is 1. The summed E-state index contributed by atoms with van der Waals surface area (Å²) in [6.07, 6.45) is 2.82. The molecule has 0 spiro atoms. The second kappa shape index (κ2) is 5.38. The number of nitrogens with one attached hydrogen (secondary N) is 1. The summed E-state index contributed by atoms with van der Waals surface area (Å²) in [4.78, 5) is 21.9. The summed E-state index contributed by atoms with van der Waals surface area (Å²) < 4.78 is 10.6. The second-order valence-corrected chi connectivity index (χ2v) is 3.76. The number of carbonyl (C=O) groups excluding carboxylic acids is 1. The molecule has 0 saturated heterocycles. The van der Waals surface area contributed by atoms with Crippen molar-refractivity contribution in [1.29, 1.82) is 0 Å². The molecule has 0 saturated carbocycles. The first-order valence-corrected chi connectivity index (χ1v) is 5.63. The summed E-state index contributed by atoms with van der Waals surface area (Å²) in [7, 11) is 0. The lowest BCUT2D eigenvalue weighted by Gasteiger charge is -2.19. The van der Waals surface area contributed by atoms with Crippen LogP contribution in [0.3, 0.4) is 0 Å². The first-order chi connectivity index (χ1) is 9.11. The molecule has 1 aromatic rings. The molecular formula is C12H12N2O5. The van der Waals surface area contributed by atoms with Gasteiger partial charge >= 0.3 is 0 Å². The Kier molecular flexibility index (Phi) is 3.65. The minimum atomic E-state index is -0.580. The Morgan fingerprint density at radius 1 is 1.37 bits per heavy atom. The number of anilines is 1. The van der Waals surface area contributed by atoms with Gasteiger partial charge in [0.1, 0.15) is 18.9 Å². The van der Waals surface area contributed by atoms with Gasteiger partial charge in [0, 0.05) is 6.07 Å². The molecule has 1 heterocycles. The van der Waals surface area contributed by atoms with Crippen LogP contribution in [-0.2, 0) is 4.79 Å².